The van der Waals surface area contributed by atoms with E-state index in [9.17, 15) is 4.79 Å². The van der Waals surface area contributed by atoms with E-state index in [2.05, 4.69) is 80.7 Å². The molecule has 1 amide bonds. The van der Waals surface area contributed by atoms with Crippen LogP contribution in [0.15, 0.2) is 95.2 Å². The number of anilines is 1. The fraction of sp³-hybridized carbons (Fsp3) is 0.394. The number of allylic oxidation sites excluding steroid dienone is 4. The van der Waals surface area contributed by atoms with Crippen LogP contribution >= 0.6 is 0 Å². The molecule has 37 heavy (non-hydrogen) atoms. The van der Waals surface area contributed by atoms with E-state index in [-0.39, 0.29) is 11.8 Å². The predicted molar refractivity (Wildman–Crippen MR) is 158 cm³/mol. The molecule has 196 valence electrons. The second kappa shape index (κ2) is 14.5. The van der Waals surface area contributed by atoms with Gasteiger partial charge < -0.3 is 10.2 Å². The lowest BCUT2D eigenvalue weighted by atomic mass is 9.85. The molecule has 3 rings (SSSR count). The number of nitrogens with zero attached hydrogens (tertiary/aromatic N) is 2. The average Bonchev–Trinajstić information content (AvgIpc) is 2.86. The highest BCUT2D eigenvalue weighted by Crippen LogP contribution is 2.31. The van der Waals surface area contributed by atoms with Gasteiger partial charge in [0.25, 0.3) is 0 Å². The van der Waals surface area contributed by atoms with Crippen molar-refractivity contribution in [1.82, 2.24) is 4.90 Å². The van der Waals surface area contributed by atoms with Gasteiger partial charge in [0, 0.05) is 29.9 Å². The van der Waals surface area contributed by atoms with Crippen LogP contribution in [-0.4, -0.2) is 37.2 Å². The van der Waals surface area contributed by atoms with Crippen LogP contribution in [0.4, 0.5) is 5.69 Å². The Morgan fingerprint density at radius 3 is 2.65 bits per heavy atom. The maximum atomic E-state index is 12.4. The number of benzene rings is 2. The molecule has 0 aliphatic carbocycles. The molecule has 0 bridgehead atoms. The van der Waals surface area contributed by atoms with Crippen LogP contribution in [0.2, 0.25) is 0 Å². The highest BCUT2D eigenvalue weighted by Gasteiger charge is 2.21. The van der Waals surface area contributed by atoms with Crippen LogP contribution in [0.3, 0.4) is 0 Å². The Hall–Kier alpha value is -3.24. The summed E-state index contributed by atoms with van der Waals surface area (Å²) in [7, 11) is 3.96. The second-order valence-corrected chi connectivity index (χ2v) is 10.3. The van der Waals surface area contributed by atoms with Gasteiger partial charge in [0.05, 0.1) is 5.71 Å². The molecule has 0 spiro atoms. The molecule has 1 aliphatic rings. The van der Waals surface area contributed by atoms with Crippen LogP contribution in [0.5, 0.6) is 0 Å². The van der Waals surface area contributed by atoms with Crippen molar-refractivity contribution in [3.63, 3.8) is 0 Å². The molecule has 2 atom stereocenters. The van der Waals surface area contributed by atoms with Gasteiger partial charge in [0.15, 0.2) is 0 Å². The smallest absolute Gasteiger partial charge is 0.248 e. The van der Waals surface area contributed by atoms with Gasteiger partial charge >= 0.3 is 0 Å². The van der Waals surface area contributed by atoms with Crippen molar-refractivity contribution >= 4 is 17.3 Å². The third-order valence-corrected chi connectivity index (χ3v) is 6.70. The highest BCUT2D eigenvalue weighted by atomic mass is 16.1. The van der Waals surface area contributed by atoms with Gasteiger partial charge in [-0.05, 0) is 87.9 Å². The number of carbonyl (C=O) groups is 1. The monoisotopic (exact) mass is 497 g/mol. The minimum atomic E-state index is -0.108. The van der Waals surface area contributed by atoms with Gasteiger partial charge in [0.1, 0.15) is 0 Å². The second-order valence-electron chi connectivity index (χ2n) is 10.3. The normalized spacial score (nSPS) is 17.0. The lowest BCUT2D eigenvalue weighted by Gasteiger charge is -2.23. The van der Waals surface area contributed by atoms with Crippen molar-refractivity contribution < 1.29 is 4.79 Å². The molecule has 1 aliphatic heterocycles. The van der Waals surface area contributed by atoms with E-state index in [4.69, 9.17) is 4.99 Å². The highest BCUT2D eigenvalue weighted by molar-refractivity contribution is 6.05. The molecule has 4 nitrogen and oxygen atoms in total. The van der Waals surface area contributed by atoms with Crippen molar-refractivity contribution in [2.24, 2.45) is 10.9 Å². The number of aryl methyl sites for hydroxylation is 1. The Balaban J connectivity index is 1.80. The summed E-state index contributed by atoms with van der Waals surface area (Å²) >= 11 is 0. The van der Waals surface area contributed by atoms with E-state index in [1.165, 1.54) is 22.4 Å². The van der Waals surface area contributed by atoms with Crippen LogP contribution < -0.4 is 5.32 Å². The third kappa shape index (κ3) is 9.29. The molecule has 0 fully saturated rings. The van der Waals surface area contributed by atoms with Gasteiger partial charge in [-0.1, -0.05) is 74.5 Å². The number of rotatable bonds is 11. The summed E-state index contributed by atoms with van der Waals surface area (Å²) in [6.45, 7) is 7.44. The van der Waals surface area contributed by atoms with E-state index in [0.717, 1.165) is 50.0 Å². The minimum Gasteiger partial charge on any atom is -0.323 e. The lowest BCUT2D eigenvalue weighted by Crippen LogP contribution is -2.17. The number of aliphatic imine (C=N–C) groups is 1. The molecule has 1 N–H and O–H groups in total. The molecule has 0 saturated heterocycles. The summed E-state index contributed by atoms with van der Waals surface area (Å²) in [6.07, 6.45) is 13.3. The summed E-state index contributed by atoms with van der Waals surface area (Å²) in [4.78, 5) is 19.7. The van der Waals surface area contributed by atoms with Crippen molar-refractivity contribution in [3.8, 4) is 0 Å². The first-order valence-corrected chi connectivity index (χ1v) is 13.6. The predicted octanol–water partition coefficient (Wildman–Crippen LogP) is 7.57. The first-order chi connectivity index (χ1) is 17.9. The summed E-state index contributed by atoms with van der Waals surface area (Å²) < 4.78 is 0. The minimum absolute atomic E-state index is 0.108. The number of amides is 1. The zero-order valence-electron chi connectivity index (χ0n) is 23.2. The van der Waals surface area contributed by atoms with Crippen LogP contribution in [0, 0.1) is 5.92 Å². The standard InChI is InChI=1S/C33H43N3O/c1-6-31(28-16-11-18-30(24-28)34-32(37)19-12-22-36(4)5)33-26(3)23-25(2)20-21-29(35-33)17-10-15-27-13-8-7-9-14-27/h7-9,11-14,16,18-19,21,23-25,31H,6,10,15,17,20,22H2,1-5H3,(H,34,37). The largest absolute Gasteiger partial charge is 0.323 e. The van der Waals surface area contributed by atoms with E-state index in [1.807, 2.05) is 37.2 Å². The van der Waals surface area contributed by atoms with E-state index in [0.29, 0.717) is 5.92 Å². The fourth-order valence-corrected chi connectivity index (χ4v) is 4.79. The van der Waals surface area contributed by atoms with Gasteiger partial charge in [-0.2, -0.15) is 0 Å². The van der Waals surface area contributed by atoms with Crippen molar-refractivity contribution in [2.45, 2.75) is 58.8 Å². The van der Waals surface area contributed by atoms with Crippen LogP contribution in [0.25, 0.3) is 0 Å². The fourth-order valence-electron chi connectivity index (χ4n) is 4.79. The van der Waals surface area contributed by atoms with Crippen molar-refractivity contribution in [1.29, 1.82) is 0 Å². The van der Waals surface area contributed by atoms with E-state index in [1.54, 1.807) is 6.08 Å². The Bertz CT molecular complexity index is 1140. The number of hydrogen-bond acceptors (Lipinski definition) is 3. The maximum Gasteiger partial charge on any atom is 0.248 e. The first-order valence-electron chi connectivity index (χ1n) is 13.6. The van der Waals surface area contributed by atoms with Crippen LogP contribution in [-0.2, 0) is 11.2 Å². The average molecular weight is 498 g/mol. The zero-order chi connectivity index (χ0) is 26.6. The Morgan fingerprint density at radius 2 is 1.92 bits per heavy atom. The first kappa shape index (κ1) is 28.3. The Morgan fingerprint density at radius 1 is 1.14 bits per heavy atom. The van der Waals surface area contributed by atoms with Crippen LogP contribution in [0.1, 0.15) is 63.5 Å². The Labute approximate surface area is 223 Å². The van der Waals surface area contributed by atoms with Crippen molar-refractivity contribution in [2.75, 3.05) is 26.0 Å². The van der Waals surface area contributed by atoms with Gasteiger partial charge in [-0.15, -0.1) is 0 Å². The Kier molecular flexibility index (Phi) is 11.1. The van der Waals surface area contributed by atoms with E-state index < -0.39 is 0 Å². The molecular weight excluding hydrogens is 454 g/mol. The topological polar surface area (TPSA) is 44.7 Å². The molecule has 0 radical (unpaired) electrons. The number of hydrogen-bond donors (Lipinski definition) is 1. The SMILES string of the molecule is CCC(C1=NC(CCCc2ccccc2)=CCC(C)C=C1C)c1cccc(NC(=O)C=CCN(C)C)c1. The molecular formula is C33H43N3O. The lowest BCUT2D eigenvalue weighted by molar-refractivity contribution is -0.111. The van der Waals surface area contributed by atoms with E-state index >= 15 is 0 Å². The molecule has 4 heteroatoms. The molecule has 0 aromatic heterocycles. The van der Waals surface area contributed by atoms with Gasteiger partial charge in [0.2, 0.25) is 5.91 Å². The maximum absolute atomic E-state index is 12.4. The molecule has 2 aromatic rings. The molecule has 1 heterocycles. The van der Waals surface area contributed by atoms with Gasteiger partial charge in [-0.3, -0.25) is 9.79 Å². The number of likely N-dealkylation sites (N-methyl/N-ethyl adjacent to an activating group) is 1. The summed E-state index contributed by atoms with van der Waals surface area (Å²) in [5.41, 5.74) is 6.98. The number of carbonyl (C=O) groups excluding carboxylic acids is 1. The summed E-state index contributed by atoms with van der Waals surface area (Å²) in [5, 5.41) is 3.02. The molecule has 2 aromatic carbocycles. The summed E-state index contributed by atoms with van der Waals surface area (Å²) in [5.74, 6) is 0.538. The number of nitrogens with one attached hydrogen (secondary N) is 1. The zero-order valence-corrected chi connectivity index (χ0v) is 23.2. The van der Waals surface area contributed by atoms with Crippen molar-refractivity contribution in [3.05, 3.63) is 101 Å². The third-order valence-electron chi connectivity index (χ3n) is 6.70. The quantitative estimate of drug-likeness (QED) is 0.325. The summed E-state index contributed by atoms with van der Waals surface area (Å²) in [6, 6.07) is 18.9. The molecule has 0 saturated carbocycles. The molecule has 2 unspecified atom stereocenters. The van der Waals surface area contributed by atoms with Gasteiger partial charge in [-0.25, -0.2) is 0 Å².